The highest BCUT2D eigenvalue weighted by Crippen LogP contribution is 2.25. The summed E-state index contributed by atoms with van der Waals surface area (Å²) in [5, 5.41) is 2.82. The lowest BCUT2D eigenvalue weighted by atomic mass is 10.1. The first kappa shape index (κ1) is 17.9. The number of carbonyl (C=O) groups excluding carboxylic acids is 1. The van der Waals surface area contributed by atoms with Gasteiger partial charge in [-0.15, -0.1) is 0 Å². The van der Waals surface area contributed by atoms with Crippen molar-refractivity contribution in [2.75, 3.05) is 11.1 Å². The molecule has 0 saturated carbocycles. The van der Waals surface area contributed by atoms with E-state index in [1.165, 1.54) is 0 Å². The van der Waals surface area contributed by atoms with E-state index in [4.69, 9.17) is 10.5 Å². The molecule has 0 aliphatic carbocycles. The molecular weight excluding hydrogens is 394 g/mol. The van der Waals surface area contributed by atoms with Crippen molar-refractivity contribution in [3.05, 3.63) is 75.9 Å². The Balaban J connectivity index is 1.70. The number of halogens is 1. The highest BCUT2D eigenvalue weighted by atomic mass is 79.9. The number of nitrogens with zero attached hydrogens (tertiary/aromatic N) is 1. The summed E-state index contributed by atoms with van der Waals surface area (Å²) in [4.78, 5) is 16.6. The van der Waals surface area contributed by atoms with Gasteiger partial charge in [-0.3, -0.25) is 4.79 Å². The van der Waals surface area contributed by atoms with Crippen LogP contribution in [0.4, 0.5) is 11.5 Å². The van der Waals surface area contributed by atoms with Crippen LogP contribution in [0, 0.1) is 13.8 Å². The van der Waals surface area contributed by atoms with E-state index in [2.05, 4.69) is 26.2 Å². The summed E-state index contributed by atoms with van der Waals surface area (Å²) in [5.41, 5.74) is 8.62. The molecule has 6 heteroatoms. The third kappa shape index (κ3) is 4.21. The zero-order chi connectivity index (χ0) is 18.7. The van der Waals surface area contributed by atoms with Gasteiger partial charge in [-0.1, -0.05) is 15.9 Å². The van der Waals surface area contributed by atoms with Gasteiger partial charge in [0.05, 0.1) is 5.56 Å². The van der Waals surface area contributed by atoms with Gasteiger partial charge in [0.2, 0.25) is 0 Å². The van der Waals surface area contributed by atoms with E-state index >= 15 is 0 Å². The van der Waals surface area contributed by atoms with Crippen LogP contribution in [0.2, 0.25) is 0 Å². The van der Waals surface area contributed by atoms with Crippen molar-refractivity contribution in [2.45, 2.75) is 13.8 Å². The number of amides is 1. The molecule has 0 radical (unpaired) electrons. The van der Waals surface area contributed by atoms with Gasteiger partial charge in [-0.05, 0) is 74.0 Å². The van der Waals surface area contributed by atoms with E-state index in [0.717, 1.165) is 21.5 Å². The third-order valence-corrected chi connectivity index (χ3v) is 4.43. The van der Waals surface area contributed by atoms with Crippen molar-refractivity contribution in [1.29, 1.82) is 0 Å². The molecule has 2 aromatic carbocycles. The van der Waals surface area contributed by atoms with Crippen molar-refractivity contribution in [3.63, 3.8) is 0 Å². The molecule has 26 heavy (non-hydrogen) atoms. The molecule has 0 spiro atoms. The maximum absolute atomic E-state index is 12.4. The molecule has 0 bridgehead atoms. The second kappa shape index (κ2) is 7.58. The molecule has 1 aromatic heterocycles. The number of hydrogen-bond donors (Lipinski definition) is 2. The Kier molecular flexibility index (Phi) is 5.23. The lowest BCUT2D eigenvalue weighted by molar-refractivity contribution is 0.102. The number of carbonyl (C=O) groups is 1. The average Bonchev–Trinajstić information content (AvgIpc) is 2.61. The number of ether oxygens (including phenoxy) is 1. The molecule has 1 heterocycles. The molecule has 3 N–H and O–H groups in total. The standard InChI is InChI=1S/C20H18BrN3O2/c1-12-11-18(19(22)23-13(12)2)20(25)24-15-5-9-17(10-6-15)26-16-7-3-14(21)4-8-16/h3-11H,1-2H3,(H2,22,23)(H,24,25). The summed E-state index contributed by atoms with van der Waals surface area (Å²) in [5.74, 6) is 1.34. The largest absolute Gasteiger partial charge is 0.457 e. The Labute approximate surface area is 160 Å². The van der Waals surface area contributed by atoms with Crippen LogP contribution in [0.1, 0.15) is 21.6 Å². The van der Waals surface area contributed by atoms with Crippen molar-refractivity contribution < 1.29 is 9.53 Å². The van der Waals surface area contributed by atoms with Crippen LogP contribution in [0.5, 0.6) is 11.5 Å². The van der Waals surface area contributed by atoms with Gasteiger partial charge in [-0.2, -0.15) is 0 Å². The third-order valence-electron chi connectivity index (χ3n) is 3.90. The number of anilines is 2. The first-order valence-electron chi connectivity index (χ1n) is 8.01. The van der Waals surface area contributed by atoms with Crippen LogP contribution in [0.25, 0.3) is 0 Å². The predicted molar refractivity (Wildman–Crippen MR) is 107 cm³/mol. The Bertz CT molecular complexity index is 939. The van der Waals surface area contributed by atoms with E-state index in [9.17, 15) is 4.79 Å². The number of rotatable bonds is 4. The van der Waals surface area contributed by atoms with Gasteiger partial charge >= 0.3 is 0 Å². The quantitative estimate of drug-likeness (QED) is 0.626. The average molecular weight is 412 g/mol. The maximum atomic E-state index is 12.4. The smallest absolute Gasteiger partial charge is 0.259 e. The van der Waals surface area contributed by atoms with Gasteiger partial charge in [-0.25, -0.2) is 4.98 Å². The first-order valence-corrected chi connectivity index (χ1v) is 8.80. The summed E-state index contributed by atoms with van der Waals surface area (Å²) in [6.07, 6.45) is 0. The minimum atomic E-state index is -0.292. The van der Waals surface area contributed by atoms with Crippen molar-refractivity contribution in [3.8, 4) is 11.5 Å². The number of nitrogens with one attached hydrogen (secondary N) is 1. The number of aryl methyl sites for hydroxylation is 2. The molecule has 3 rings (SSSR count). The normalized spacial score (nSPS) is 10.4. The van der Waals surface area contributed by atoms with Gasteiger partial charge in [0.15, 0.2) is 0 Å². The molecule has 0 aliphatic heterocycles. The summed E-state index contributed by atoms with van der Waals surface area (Å²) < 4.78 is 6.75. The summed E-state index contributed by atoms with van der Waals surface area (Å²) in [7, 11) is 0. The van der Waals surface area contributed by atoms with Crippen LogP contribution >= 0.6 is 15.9 Å². The Morgan fingerprint density at radius 3 is 2.23 bits per heavy atom. The molecule has 5 nitrogen and oxygen atoms in total. The zero-order valence-corrected chi connectivity index (χ0v) is 16.0. The fourth-order valence-corrected chi connectivity index (χ4v) is 2.61. The molecule has 0 saturated heterocycles. The van der Waals surface area contributed by atoms with Gasteiger partial charge < -0.3 is 15.8 Å². The topological polar surface area (TPSA) is 77.2 Å². The fraction of sp³-hybridized carbons (Fsp3) is 0.100. The van der Waals surface area contributed by atoms with Crippen molar-refractivity contribution in [1.82, 2.24) is 4.98 Å². The van der Waals surface area contributed by atoms with E-state index in [1.807, 2.05) is 38.1 Å². The highest BCUT2D eigenvalue weighted by molar-refractivity contribution is 9.10. The highest BCUT2D eigenvalue weighted by Gasteiger charge is 2.13. The molecule has 0 aliphatic rings. The van der Waals surface area contributed by atoms with Crippen molar-refractivity contribution >= 4 is 33.3 Å². The van der Waals surface area contributed by atoms with Crippen LogP contribution in [-0.2, 0) is 0 Å². The number of pyridine rings is 1. The van der Waals surface area contributed by atoms with Crippen LogP contribution in [0.15, 0.2) is 59.1 Å². The molecule has 0 atom stereocenters. The molecule has 132 valence electrons. The second-order valence-corrected chi connectivity index (χ2v) is 6.77. The molecule has 0 unspecified atom stereocenters. The summed E-state index contributed by atoms with van der Waals surface area (Å²) in [6.45, 7) is 3.75. The monoisotopic (exact) mass is 411 g/mol. The summed E-state index contributed by atoms with van der Waals surface area (Å²) >= 11 is 3.39. The van der Waals surface area contributed by atoms with E-state index in [0.29, 0.717) is 17.0 Å². The lowest BCUT2D eigenvalue weighted by Gasteiger charge is -2.10. The number of nitrogen functional groups attached to an aromatic ring is 1. The zero-order valence-electron chi connectivity index (χ0n) is 14.4. The van der Waals surface area contributed by atoms with Crippen LogP contribution in [-0.4, -0.2) is 10.9 Å². The second-order valence-electron chi connectivity index (χ2n) is 5.86. The summed E-state index contributed by atoms with van der Waals surface area (Å²) in [6, 6.07) is 16.4. The number of hydrogen-bond acceptors (Lipinski definition) is 4. The predicted octanol–water partition coefficient (Wildman–Crippen LogP) is 5.09. The Hall–Kier alpha value is -2.86. The van der Waals surface area contributed by atoms with Crippen molar-refractivity contribution in [2.24, 2.45) is 0 Å². The van der Waals surface area contributed by atoms with Gasteiger partial charge in [0.25, 0.3) is 5.91 Å². The Morgan fingerprint density at radius 2 is 1.62 bits per heavy atom. The van der Waals surface area contributed by atoms with Gasteiger partial charge in [0.1, 0.15) is 17.3 Å². The SMILES string of the molecule is Cc1cc(C(=O)Nc2ccc(Oc3ccc(Br)cc3)cc2)c(N)nc1C. The van der Waals surface area contributed by atoms with E-state index in [-0.39, 0.29) is 11.7 Å². The first-order chi connectivity index (χ1) is 12.4. The molecule has 3 aromatic rings. The van der Waals surface area contributed by atoms with Crippen LogP contribution in [0.3, 0.4) is 0 Å². The molecular formula is C20H18BrN3O2. The van der Waals surface area contributed by atoms with Crippen LogP contribution < -0.4 is 15.8 Å². The minimum Gasteiger partial charge on any atom is -0.457 e. The number of benzene rings is 2. The fourth-order valence-electron chi connectivity index (χ4n) is 2.35. The molecule has 1 amide bonds. The lowest BCUT2D eigenvalue weighted by Crippen LogP contribution is -2.15. The van der Waals surface area contributed by atoms with E-state index in [1.54, 1.807) is 30.3 Å². The minimum absolute atomic E-state index is 0.223. The number of aromatic nitrogens is 1. The molecule has 0 fully saturated rings. The van der Waals surface area contributed by atoms with E-state index < -0.39 is 0 Å². The number of nitrogens with two attached hydrogens (primary N) is 1. The Morgan fingerprint density at radius 1 is 1.04 bits per heavy atom. The maximum Gasteiger partial charge on any atom is 0.259 e. The van der Waals surface area contributed by atoms with Gasteiger partial charge in [0, 0.05) is 15.9 Å².